The highest BCUT2D eigenvalue weighted by Crippen LogP contribution is 2.27. The van der Waals surface area contributed by atoms with Crippen LogP contribution in [0.15, 0.2) is 0 Å². The molecule has 296 valence electrons. The Morgan fingerprint density at radius 2 is 1.22 bits per heavy atom. The number of rotatable bonds is 31. The first-order valence-corrected chi connectivity index (χ1v) is 21.0. The third kappa shape index (κ3) is 36.9. The van der Waals surface area contributed by atoms with E-state index in [0.717, 1.165) is 44.8 Å². The number of esters is 1. The van der Waals surface area contributed by atoms with Gasteiger partial charge >= 0.3 is 5.97 Å². The molecular formula is C42H88N2O5. The van der Waals surface area contributed by atoms with E-state index in [0.29, 0.717) is 13.2 Å². The van der Waals surface area contributed by atoms with Gasteiger partial charge in [-0.15, -0.1) is 0 Å². The number of carbonyl (C=O) groups is 1. The third-order valence-electron chi connectivity index (χ3n) is 9.74. The summed E-state index contributed by atoms with van der Waals surface area (Å²) in [5.74, 6) is 0.837. The van der Waals surface area contributed by atoms with Crippen LogP contribution in [0.4, 0.5) is 0 Å². The summed E-state index contributed by atoms with van der Waals surface area (Å²) in [6.45, 7) is 17.7. The third-order valence-corrected chi connectivity index (χ3v) is 9.74. The second-order valence-corrected chi connectivity index (χ2v) is 15.5. The van der Waals surface area contributed by atoms with E-state index in [9.17, 15) is 4.79 Å². The van der Waals surface area contributed by atoms with Crippen LogP contribution >= 0.6 is 0 Å². The van der Waals surface area contributed by atoms with E-state index >= 15 is 0 Å². The maximum absolute atomic E-state index is 12.6. The summed E-state index contributed by atoms with van der Waals surface area (Å²) in [5, 5.41) is 7.86. The Morgan fingerprint density at radius 1 is 0.694 bits per heavy atom. The Bertz CT molecular complexity index is 637. The van der Waals surface area contributed by atoms with Gasteiger partial charge < -0.3 is 19.3 Å². The van der Waals surface area contributed by atoms with E-state index in [1.807, 2.05) is 19.0 Å². The number of ether oxygens (including phenoxy) is 2. The molecule has 0 spiro atoms. The molecule has 0 aromatic heterocycles. The zero-order valence-corrected chi connectivity index (χ0v) is 34.5. The van der Waals surface area contributed by atoms with Gasteiger partial charge in [0.25, 0.3) is 0 Å². The summed E-state index contributed by atoms with van der Waals surface area (Å²) < 4.78 is 10.7. The number of carbonyl (C=O) groups excluding carboxylic acids is 1. The van der Waals surface area contributed by atoms with Crippen LogP contribution in [0.25, 0.3) is 0 Å². The van der Waals surface area contributed by atoms with Crippen LogP contribution in [-0.4, -0.2) is 88.2 Å². The molecule has 1 aliphatic rings. The van der Waals surface area contributed by atoms with Gasteiger partial charge in [-0.1, -0.05) is 124 Å². The lowest BCUT2D eigenvalue weighted by molar-refractivity contribution is -0.242. The van der Waals surface area contributed by atoms with Crippen molar-refractivity contribution in [1.29, 1.82) is 0 Å². The Labute approximate surface area is 306 Å². The minimum absolute atomic E-state index is 0.0121. The maximum Gasteiger partial charge on any atom is 0.311 e. The summed E-state index contributed by atoms with van der Waals surface area (Å²) in [6, 6.07) is 0. The van der Waals surface area contributed by atoms with Crippen molar-refractivity contribution >= 4 is 5.97 Å². The molecule has 0 atom stereocenters. The first-order valence-electron chi connectivity index (χ1n) is 21.0. The van der Waals surface area contributed by atoms with Crippen LogP contribution in [0.5, 0.6) is 0 Å². The Hall–Kier alpha value is -0.730. The van der Waals surface area contributed by atoms with Gasteiger partial charge in [0.2, 0.25) is 0 Å². The molecule has 1 heterocycles. The van der Waals surface area contributed by atoms with E-state index in [1.54, 1.807) is 7.11 Å². The fraction of sp³-hybridized carbons (Fsp3) is 0.976. The summed E-state index contributed by atoms with van der Waals surface area (Å²) in [5.41, 5.74) is -0.337. The first-order chi connectivity index (χ1) is 23.7. The Kier molecular flexibility index (Phi) is 39.6. The van der Waals surface area contributed by atoms with Gasteiger partial charge in [-0.2, -0.15) is 0 Å². The highest BCUT2D eigenvalue weighted by atomic mass is 17.1. The van der Waals surface area contributed by atoms with Gasteiger partial charge in [0.15, 0.2) is 0 Å². The van der Waals surface area contributed by atoms with Crippen LogP contribution < -0.4 is 0 Å². The molecule has 0 radical (unpaired) electrons. The monoisotopic (exact) mass is 701 g/mol. The molecule has 0 bridgehead atoms. The molecule has 49 heavy (non-hydrogen) atoms. The predicted octanol–water partition coefficient (Wildman–Crippen LogP) is 11.6. The van der Waals surface area contributed by atoms with Crippen molar-refractivity contribution in [2.45, 2.75) is 189 Å². The van der Waals surface area contributed by atoms with Gasteiger partial charge in [0.1, 0.15) is 0 Å². The average molecular weight is 701 g/mol. The zero-order chi connectivity index (χ0) is 36.9. The topological polar surface area (TPSA) is 71.5 Å². The molecule has 0 aliphatic carbocycles. The van der Waals surface area contributed by atoms with Gasteiger partial charge in [-0.3, -0.25) is 10.1 Å². The van der Waals surface area contributed by atoms with Crippen LogP contribution in [0.1, 0.15) is 189 Å². The van der Waals surface area contributed by atoms with Crippen molar-refractivity contribution in [2.75, 3.05) is 67.2 Å². The molecule has 0 amide bonds. The molecule has 1 saturated heterocycles. The van der Waals surface area contributed by atoms with Gasteiger partial charge in [0.05, 0.1) is 18.6 Å². The number of unbranched alkanes of at least 4 members (excludes halogenated alkanes) is 12. The van der Waals surface area contributed by atoms with Crippen LogP contribution in [0.3, 0.4) is 0 Å². The maximum atomic E-state index is 12.6. The SMILES string of the molecule is CCCCCC(CCCCC)CCCOC(=O)C(C)(C)CCCCCCN1CCCC1.CCCCCCCCOC.CN(C)CCCOO. The van der Waals surface area contributed by atoms with Crippen molar-refractivity contribution in [1.82, 2.24) is 9.80 Å². The smallest absolute Gasteiger partial charge is 0.311 e. The molecule has 0 aromatic rings. The number of likely N-dealkylation sites (tertiary alicyclic amines) is 1. The number of methoxy groups -OCH3 is 1. The second-order valence-electron chi connectivity index (χ2n) is 15.5. The lowest BCUT2D eigenvalue weighted by atomic mass is 9.87. The molecule has 0 saturated carbocycles. The van der Waals surface area contributed by atoms with E-state index in [1.165, 1.54) is 148 Å². The predicted molar refractivity (Wildman–Crippen MR) is 212 cm³/mol. The van der Waals surface area contributed by atoms with Crippen LogP contribution in [0, 0.1) is 11.3 Å². The van der Waals surface area contributed by atoms with Gasteiger partial charge in [-0.05, 0) is 111 Å². The lowest BCUT2D eigenvalue weighted by Crippen LogP contribution is -2.27. The van der Waals surface area contributed by atoms with E-state index in [2.05, 4.69) is 44.4 Å². The van der Waals surface area contributed by atoms with Crippen molar-refractivity contribution in [3.05, 3.63) is 0 Å². The molecule has 1 fully saturated rings. The van der Waals surface area contributed by atoms with Crippen LogP contribution in [0.2, 0.25) is 0 Å². The highest BCUT2D eigenvalue weighted by molar-refractivity contribution is 5.75. The van der Waals surface area contributed by atoms with E-state index in [-0.39, 0.29) is 11.4 Å². The molecule has 1 aliphatic heterocycles. The quantitative estimate of drug-likeness (QED) is 0.0334. The molecule has 7 heteroatoms. The first kappa shape index (κ1) is 50.4. The molecule has 1 N–H and O–H groups in total. The number of hydrogen-bond acceptors (Lipinski definition) is 7. The molecule has 7 nitrogen and oxygen atoms in total. The fourth-order valence-electron chi connectivity index (χ4n) is 6.37. The summed E-state index contributed by atoms with van der Waals surface area (Å²) in [4.78, 5) is 21.1. The van der Waals surface area contributed by atoms with Crippen molar-refractivity contribution in [3.63, 3.8) is 0 Å². The molecule has 0 aromatic carbocycles. The average Bonchev–Trinajstić information content (AvgIpc) is 3.60. The standard InChI is InChI=1S/C28H55NO2.C9H20O.C5H13NO2/c1-5-7-11-18-26(19-12-8-6-2)20-17-25-31-27(30)28(3,4)21-13-9-10-14-22-29-23-15-16-24-29;1-3-4-5-6-7-8-9-10-2;1-6(2)4-3-5-8-7/h26H,5-25H2,1-4H3;3-9H2,1-2H3;7H,3-5H2,1-2H3. The number of nitrogens with zero attached hydrogens (tertiary/aromatic N) is 2. The van der Waals surface area contributed by atoms with Crippen LogP contribution in [-0.2, 0) is 19.2 Å². The zero-order valence-electron chi connectivity index (χ0n) is 34.5. The molecule has 1 rings (SSSR count). The van der Waals surface area contributed by atoms with Gasteiger partial charge in [0, 0.05) is 13.7 Å². The largest absolute Gasteiger partial charge is 0.465 e. The van der Waals surface area contributed by atoms with E-state index < -0.39 is 0 Å². The van der Waals surface area contributed by atoms with Crippen molar-refractivity contribution < 1.29 is 24.4 Å². The highest BCUT2D eigenvalue weighted by Gasteiger charge is 2.28. The minimum Gasteiger partial charge on any atom is -0.465 e. The minimum atomic E-state index is -0.337. The fourth-order valence-corrected chi connectivity index (χ4v) is 6.37. The Balaban J connectivity index is 0. The van der Waals surface area contributed by atoms with E-state index in [4.69, 9.17) is 14.7 Å². The van der Waals surface area contributed by atoms with Gasteiger partial charge in [-0.25, -0.2) is 4.89 Å². The molecular weight excluding hydrogens is 612 g/mol. The number of hydrogen-bond donors (Lipinski definition) is 1. The summed E-state index contributed by atoms with van der Waals surface area (Å²) in [7, 11) is 5.74. The normalized spacial score (nSPS) is 13.4. The van der Waals surface area contributed by atoms with Crippen molar-refractivity contribution in [3.8, 4) is 0 Å². The summed E-state index contributed by atoms with van der Waals surface area (Å²) >= 11 is 0. The second kappa shape index (κ2) is 38.5. The van der Waals surface area contributed by atoms with Crippen molar-refractivity contribution in [2.24, 2.45) is 11.3 Å². The summed E-state index contributed by atoms with van der Waals surface area (Å²) in [6.07, 6.45) is 30.7. The molecule has 0 unspecified atom stereocenters. The lowest BCUT2D eigenvalue weighted by Gasteiger charge is -2.23. The Morgan fingerprint density at radius 3 is 1.80 bits per heavy atom.